The van der Waals surface area contributed by atoms with Crippen molar-refractivity contribution in [2.45, 2.75) is 32.1 Å². The number of hydrogen-bond acceptors (Lipinski definition) is 1. The lowest BCUT2D eigenvalue weighted by atomic mass is 9.90. The van der Waals surface area contributed by atoms with Gasteiger partial charge in [0.25, 0.3) is 0 Å². The third-order valence-electron chi connectivity index (χ3n) is 4.22. The van der Waals surface area contributed by atoms with E-state index in [1.165, 1.54) is 24.8 Å². The summed E-state index contributed by atoms with van der Waals surface area (Å²) in [6.07, 6.45) is 5.78. The summed E-state index contributed by atoms with van der Waals surface area (Å²) < 4.78 is 0. The lowest BCUT2D eigenvalue weighted by Crippen LogP contribution is -2.39. The van der Waals surface area contributed by atoms with Crippen LogP contribution >= 0.6 is 0 Å². The predicted molar refractivity (Wildman–Crippen MR) is 72.2 cm³/mol. The Morgan fingerprint density at radius 2 is 1.72 bits per heavy atom. The molecule has 1 saturated carbocycles. The molecule has 0 N–H and O–H groups in total. The van der Waals surface area contributed by atoms with Crippen LogP contribution in [0.1, 0.15) is 31.2 Å². The zero-order valence-electron chi connectivity index (χ0n) is 10.8. The fourth-order valence-corrected chi connectivity index (χ4v) is 2.89. The second kappa shape index (κ2) is 5.13. The van der Waals surface area contributed by atoms with E-state index in [4.69, 9.17) is 0 Å². The molecule has 0 aromatic heterocycles. The zero-order chi connectivity index (χ0) is 12.4. The van der Waals surface area contributed by atoms with Crippen molar-refractivity contribution in [2.75, 3.05) is 13.1 Å². The molecular weight excluding hydrogens is 222 g/mol. The molecule has 0 radical (unpaired) electrons. The maximum Gasteiger partial charge on any atom is 0.225 e. The van der Waals surface area contributed by atoms with E-state index < -0.39 is 0 Å². The van der Waals surface area contributed by atoms with E-state index in [1.807, 2.05) is 0 Å². The predicted octanol–water partition coefficient (Wildman–Crippen LogP) is 2.88. The molecule has 2 nitrogen and oxygen atoms in total. The van der Waals surface area contributed by atoms with Crippen LogP contribution < -0.4 is 0 Å². The third-order valence-corrected chi connectivity index (χ3v) is 4.22. The molecule has 1 saturated heterocycles. The Morgan fingerprint density at radius 1 is 1.06 bits per heavy atom. The van der Waals surface area contributed by atoms with Gasteiger partial charge in [0.1, 0.15) is 0 Å². The second-order valence-electron chi connectivity index (χ2n) is 5.73. The highest BCUT2D eigenvalue weighted by atomic mass is 16.2. The van der Waals surface area contributed by atoms with Gasteiger partial charge in [-0.05, 0) is 43.6 Å². The summed E-state index contributed by atoms with van der Waals surface area (Å²) in [5, 5.41) is 0. The Labute approximate surface area is 109 Å². The van der Waals surface area contributed by atoms with Crippen molar-refractivity contribution in [1.29, 1.82) is 0 Å². The minimum atomic E-state index is 0.385. The minimum Gasteiger partial charge on any atom is -0.342 e. The molecule has 1 aromatic rings. The van der Waals surface area contributed by atoms with Crippen molar-refractivity contribution in [3.05, 3.63) is 35.9 Å². The molecule has 0 spiro atoms. The minimum absolute atomic E-state index is 0.385. The van der Waals surface area contributed by atoms with E-state index in [-0.39, 0.29) is 0 Å². The van der Waals surface area contributed by atoms with Crippen LogP contribution in [0, 0.1) is 11.8 Å². The van der Waals surface area contributed by atoms with Crippen molar-refractivity contribution in [1.82, 2.24) is 4.90 Å². The molecule has 1 heterocycles. The lowest BCUT2D eigenvalue weighted by molar-refractivity contribution is -0.133. The maximum atomic E-state index is 12.0. The quantitative estimate of drug-likeness (QED) is 0.799. The second-order valence-corrected chi connectivity index (χ2v) is 5.73. The molecule has 1 aliphatic heterocycles. The average molecular weight is 243 g/mol. The monoisotopic (exact) mass is 243 g/mol. The maximum absolute atomic E-state index is 12.0. The van der Waals surface area contributed by atoms with E-state index in [9.17, 15) is 4.79 Å². The first kappa shape index (κ1) is 11.8. The van der Waals surface area contributed by atoms with Crippen LogP contribution in [0.15, 0.2) is 30.3 Å². The Balaban J connectivity index is 1.49. The molecule has 1 amide bonds. The number of amides is 1. The van der Waals surface area contributed by atoms with Crippen LogP contribution in [0.25, 0.3) is 0 Å². The first-order valence-corrected chi connectivity index (χ1v) is 7.15. The molecular formula is C16H21NO. The Morgan fingerprint density at radius 3 is 2.33 bits per heavy atom. The lowest BCUT2D eigenvalue weighted by Gasteiger charge is -2.32. The van der Waals surface area contributed by atoms with Gasteiger partial charge in [0.2, 0.25) is 5.91 Å². The largest absolute Gasteiger partial charge is 0.342 e. The number of likely N-dealkylation sites (tertiary alicyclic amines) is 1. The molecule has 2 aliphatic rings. The van der Waals surface area contributed by atoms with E-state index in [1.54, 1.807) is 0 Å². The van der Waals surface area contributed by atoms with Crippen molar-refractivity contribution >= 4 is 5.91 Å². The molecule has 2 heteroatoms. The molecule has 18 heavy (non-hydrogen) atoms. The highest BCUT2D eigenvalue weighted by Gasteiger charge is 2.34. The van der Waals surface area contributed by atoms with Gasteiger partial charge < -0.3 is 4.90 Å². The highest BCUT2D eigenvalue weighted by Crippen LogP contribution is 2.32. The average Bonchev–Trinajstić information content (AvgIpc) is 3.24. The van der Waals surface area contributed by atoms with Gasteiger partial charge in [-0.25, -0.2) is 0 Å². The summed E-state index contributed by atoms with van der Waals surface area (Å²) in [5.74, 6) is 1.57. The van der Waals surface area contributed by atoms with Crippen LogP contribution in [0.2, 0.25) is 0 Å². The summed E-state index contributed by atoms with van der Waals surface area (Å²) in [6.45, 7) is 1.96. The van der Waals surface area contributed by atoms with Gasteiger partial charge in [0.15, 0.2) is 0 Å². The molecule has 0 unspecified atom stereocenters. The number of carbonyl (C=O) groups is 1. The fraction of sp³-hybridized carbons (Fsp3) is 0.562. The van der Waals surface area contributed by atoms with Crippen molar-refractivity contribution < 1.29 is 4.79 Å². The van der Waals surface area contributed by atoms with Crippen molar-refractivity contribution in [2.24, 2.45) is 11.8 Å². The van der Waals surface area contributed by atoms with E-state index in [2.05, 4.69) is 35.2 Å². The Kier molecular flexibility index (Phi) is 3.35. The summed E-state index contributed by atoms with van der Waals surface area (Å²) in [7, 11) is 0. The first-order valence-electron chi connectivity index (χ1n) is 7.15. The summed E-state index contributed by atoms with van der Waals surface area (Å²) >= 11 is 0. The Hall–Kier alpha value is -1.31. The first-order chi connectivity index (χ1) is 8.83. The molecule has 0 bridgehead atoms. The van der Waals surface area contributed by atoms with Crippen molar-refractivity contribution in [3.63, 3.8) is 0 Å². The third kappa shape index (κ3) is 2.74. The number of hydrogen-bond donors (Lipinski definition) is 0. The standard InChI is InChI=1S/C16H21NO/c18-16(15-6-7-15)17-10-8-14(9-11-17)12-13-4-2-1-3-5-13/h1-5,14-15H,6-12H2. The van der Waals surface area contributed by atoms with Crippen LogP contribution in [0.4, 0.5) is 0 Å². The van der Waals surface area contributed by atoms with E-state index >= 15 is 0 Å². The van der Waals surface area contributed by atoms with Gasteiger partial charge >= 0.3 is 0 Å². The van der Waals surface area contributed by atoms with Crippen LogP contribution in [0.3, 0.4) is 0 Å². The van der Waals surface area contributed by atoms with E-state index in [0.717, 1.165) is 31.8 Å². The number of benzene rings is 1. The van der Waals surface area contributed by atoms with Gasteiger partial charge in [-0.2, -0.15) is 0 Å². The fourth-order valence-electron chi connectivity index (χ4n) is 2.89. The van der Waals surface area contributed by atoms with Gasteiger partial charge in [-0.15, -0.1) is 0 Å². The van der Waals surface area contributed by atoms with Gasteiger partial charge in [-0.3, -0.25) is 4.79 Å². The van der Waals surface area contributed by atoms with E-state index in [0.29, 0.717) is 11.8 Å². The topological polar surface area (TPSA) is 20.3 Å². The SMILES string of the molecule is O=C(C1CC1)N1CCC(Cc2ccccc2)CC1. The van der Waals surface area contributed by atoms with Crippen LogP contribution in [-0.2, 0) is 11.2 Å². The number of carbonyl (C=O) groups excluding carboxylic acids is 1. The molecule has 0 atom stereocenters. The molecule has 3 rings (SSSR count). The van der Waals surface area contributed by atoms with Crippen molar-refractivity contribution in [3.8, 4) is 0 Å². The Bertz CT molecular complexity index is 402. The number of piperidine rings is 1. The summed E-state index contributed by atoms with van der Waals surface area (Å²) in [4.78, 5) is 14.0. The smallest absolute Gasteiger partial charge is 0.225 e. The van der Waals surface area contributed by atoms with Gasteiger partial charge in [0, 0.05) is 19.0 Å². The zero-order valence-corrected chi connectivity index (χ0v) is 10.8. The summed E-state index contributed by atoms with van der Waals surface area (Å²) in [5.41, 5.74) is 1.43. The normalized spacial score (nSPS) is 21.0. The molecule has 96 valence electrons. The van der Waals surface area contributed by atoms with Crippen LogP contribution in [-0.4, -0.2) is 23.9 Å². The number of nitrogens with zero attached hydrogens (tertiary/aromatic N) is 1. The molecule has 1 aliphatic carbocycles. The number of rotatable bonds is 3. The summed E-state index contributed by atoms with van der Waals surface area (Å²) in [6, 6.07) is 10.7. The molecule has 2 fully saturated rings. The highest BCUT2D eigenvalue weighted by molar-refractivity contribution is 5.81. The molecule has 1 aromatic carbocycles. The van der Waals surface area contributed by atoms with Gasteiger partial charge in [-0.1, -0.05) is 30.3 Å². The van der Waals surface area contributed by atoms with Crippen LogP contribution in [0.5, 0.6) is 0 Å². The van der Waals surface area contributed by atoms with Gasteiger partial charge in [0.05, 0.1) is 0 Å².